The van der Waals surface area contributed by atoms with Gasteiger partial charge in [0.1, 0.15) is 10.3 Å². The van der Waals surface area contributed by atoms with E-state index in [1.54, 1.807) is 12.1 Å². The third-order valence-electron chi connectivity index (χ3n) is 4.43. The summed E-state index contributed by atoms with van der Waals surface area (Å²) in [4.78, 5) is 41.3. The van der Waals surface area contributed by atoms with Crippen molar-refractivity contribution in [2.24, 2.45) is 10.1 Å². The molecule has 0 spiro atoms. The standard InChI is InChI=1S/C21H17N3O3S2/c1-13-7-9-14(10-8-13)16(25)11-17-19(27)22-21(29-17)24-18(26)12-28-20(23-24)15-5-3-2-4-6-15/h2-10,17H,11-12H2,1H3. The first-order valence-electron chi connectivity index (χ1n) is 9.00. The molecule has 6 nitrogen and oxygen atoms in total. The summed E-state index contributed by atoms with van der Waals surface area (Å²) in [5, 5.41) is 5.88. The van der Waals surface area contributed by atoms with Crippen LogP contribution in [-0.4, -0.2) is 43.8 Å². The number of aliphatic imine (C=N–C) groups is 1. The van der Waals surface area contributed by atoms with E-state index in [4.69, 9.17) is 0 Å². The van der Waals surface area contributed by atoms with Gasteiger partial charge in [-0.25, -0.2) is 0 Å². The Hall–Kier alpha value is -2.71. The number of ketones is 1. The van der Waals surface area contributed by atoms with E-state index in [1.165, 1.54) is 16.8 Å². The number of amides is 2. The van der Waals surface area contributed by atoms with Gasteiger partial charge in [-0.2, -0.15) is 15.1 Å². The minimum Gasteiger partial charge on any atom is -0.294 e. The summed E-state index contributed by atoms with van der Waals surface area (Å²) in [6.45, 7) is 1.95. The molecule has 0 radical (unpaired) electrons. The van der Waals surface area contributed by atoms with Crippen molar-refractivity contribution in [2.45, 2.75) is 18.6 Å². The monoisotopic (exact) mass is 423 g/mol. The Bertz CT molecular complexity index is 1030. The van der Waals surface area contributed by atoms with E-state index in [2.05, 4.69) is 10.1 Å². The maximum absolute atomic E-state index is 12.5. The average Bonchev–Trinajstić information content (AvgIpc) is 3.09. The van der Waals surface area contributed by atoms with E-state index in [0.717, 1.165) is 22.9 Å². The van der Waals surface area contributed by atoms with Crippen LogP contribution in [0.4, 0.5) is 0 Å². The number of Topliss-reactive ketones (excluding diaryl/α,β-unsaturated/α-hetero) is 1. The van der Waals surface area contributed by atoms with Crippen molar-refractivity contribution in [3.63, 3.8) is 0 Å². The van der Waals surface area contributed by atoms with Crippen molar-refractivity contribution in [1.29, 1.82) is 0 Å². The predicted molar refractivity (Wildman–Crippen MR) is 116 cm³/mol. The summed E-state index contributed by atoms with van der Waals surface area (Å²) in [6.07, 6.45) is 0.0333. The molecule has 2 aliphatic heterocycles. The van der Waals surface area contributed by atoms with Gasteiger partial charge in [-0.15, -0.1) is 0 Å². The molecule has 2 aliphatic rings. The van der Waals surface area contributed by atoms with Crippen LogP contribution in [0.15, 0.2) is 64.7 Å². The molecule has 0 fully saturated rings. The lowest BCUT2D eigenvalue weighted by atomic mass is 10.0. The Morgan fingerprint density at radius 1 is 1.10 bits per heavy atom. The van der Waals surface area contributed by atoms with E-state index in [9.17, 15) is 14.4 Å². The molecule has 0 aromatic heterocycles. The fourth-order valence-corrected chi connectivity index (χ4v) is 4.71. The summed E-state index contributed by atoms with van der Waals surface area (Å²) in [5.74, 6) is -0.553. The second kappa shape index (κ2) is 8.34. The molecule has 0 saturated carbocycles. The molecule has 0 saturated heterocycles. The molecule has 4 rings (SSSR count). The zero-order chi connectivity index (χ0) is 20.4. The second-order valence-electron chi connectivity index (χ2n) is 6.60. The third-order valence-corrected chi connectivity index (χ3v) is 6.54. The number of nitrogens with zero attached hydrogens (tertiary/aromatic N) is 3. The van der Waals surface area contributed by atoms with Gasteiger partial charge in [-0.3, -0.25) is 14.4 Å². The molecule has 0 N–H and O–H groups in total. The lowest BCUT2D eigenvalue weighted by molar-refractivity contribution is -0.124. The molecule has 2 aromatic rings. The van der Waals surface area contributed by atoms with Gasteiger partial charge in [0.25, 0.3) is 11.8 Å². The van der Waals surface area contributed by atoms with Crippen LogP contribution in [0.2, 0.25) is 0 Å². The van der Waals surface area contributed by atoms with Crippen LogP contribution >= 0.6 is 23.5 Å². The molecule has 2 heterocycles. The van der Waals surface area contributed by atoms with Gasteiger partial charge in [0.2, 0.25) is 0 Å². The highest BCUT2D eigenvalue weighted by atomic mass is 32.2. The lowest BCUT2D eigenvalue weighted by Gasteiger charge is -2.22. The lowest BCUT2D eigenvalue weighted by Crippen LogP contribution is -2.35. The van der Waals surface area contributed by atoms with Crippen LogP contribution in [0.5, 0.6) is 0 Å². The number of hydrogen-bond acceptors (Lipinski definition) is 6. The van der Waals surface area contributed by atoms with Crippen molar-refractivity contribution in [1.82, 2.24) is 5.01 Å². The first-order valence-corrected chi connectivity index (χ1v) is 10.9. The largest absolute Gasteiger partial charge is 0.294 e. The van der Waals surface area contributed by atoms with E-state index in [0.29, 0.717) is 10.6 Å². The van der Waals surface area contributed by atoms with Crippen LogP contribution < -0.4 is 0 Å². The molecule has 8 heteroatoms. The Balaban J connectivity index is 1.49. The number of carbonyl (C=O) groups excluding carboxylic acids is 3. The van der Waals surface area contributed by atoms with Crippen LogP contribution in [0.1, 0.15) is 27.9 Å². The number of carbonyl (C=O) groups is 3. The van der Waals surface area contributed by atoms with Crippen LogP contribution in [0.25, 0.3) is 0 Å². The highest BCUT2D eigenvalue weighted by Gasteiger charge is 2.37. The van der Waals surface area contributed by atoms with Crippen molar-refractivity contribution >= 4 is 51.3 Å². The van der Waals surface area contributed by atoms with Crippen molar-refractivity contribution in [2.75, 3.05) is 5.75 Å². The van der Waals surface area contributed by atoms with Gasteiger partial charge in [0.15, 0.2) is 11.0 Å². The second-order valence-corrected chi connectivity index (χ2v) is 8.73. The zero-order valence-electron chi connectivity index (χ0n) is 15.6. The fourth-order valence-electron chi connectivity index (χ4n) is 2.86. The Labute approximate surface area is 176 Å². The highest BCUT2D eigenvalue weighted by molar-refractivity contribution is 8.16. The van der Waals surface area contributed by atoms with E-state index in [-0.39, 0.29) is 29.0 Å². The van der Waals surface area contributed by atoms with Crippen LogP contribution in [0.3, 0.4) is 0 Å². The Kier molecular flexibility index (Phi) is 5.64. The first-order chi connectivity index (χ1) is 14.0. The van der Waals surface area contributed by atoms with Gasteiger partial charge in [-0.05, 0) is 6.92 Å². The molecule has 29 heavy (non-hydrogen) atoms. The number of amidine groups is 1. The maximum atomic E-state index is 12.5. The van der Waals surface area contributed by atoms with Gasteiger partial charge >= 0.3 is 0 Å². The Morgan fingerprint density at radius 2 is 1.83 bits per heavy atom. The number of benzene rings is 2. The molecular weight excluding hydrogens is 406 g/mol. The number of thioether (sulfide) groups is 2. The predicted octanol–water partition coefficient (Wildman–Crippen LogP) is 3.50. The maximum Gasteiger partial charge on any atom is 0.262 e. The summed E-state index contributed by atoms with van der Waals surface area (Å²) in [7, 11) is 0. The van der Waals surface area contributed by atoms with Crippen molar-refractivity contribution < 1.29 is 14.4 Å². The Morgan fingerprint density at radius 3 is 2.55 bits per heavy atom. The van der Waals surface area contributed by atoms with Gasteiger partial charge < -0.3 is 0 Å². The van der Waals surface area contributed by atoms with Crippen molar-refractivity contribution in [3.05, 3.63) is 71.3 Å². The number of hydrazone groups is 1. The fraction of sp³-hybridized carbons (Fsp3) is 0.190. The molecule has 2 amide bonds. The highest BCUT2D eigenvalue weighted by Crippen LogP contribution is 2.31. The zero-order valence-corrected chi connectivity index (χ0v) is 17.2. The number of rotatable bonds is 4. The number of aryl methyl sites for hydroxylation is 1. The van der Waals surface area contributed by atoms with Crippen LogP contribution in [-0.2, 0) is 9.59 Å². The summed E-state index contributed by atoms with van der Waals surface area (Å²) >= 11 is 2.47. The smallest absolute Gasteiger partial charge is 0.262 e. The quantitative estimate of drug-likeness (QED) is 0.703. The molecule has 1 unspecified atom stereocenters. The average molecular weight is 424 g/mol. The molecule has 2 aromatic carbocycles. The minimum absolute atomic E-state index is 0.0333. The molecule has 0 aliphatic carbocycles. The first kappa shape index (κ1) is 19.6. The summed E-state index contributed by atoms with van der Waals surface area (Å²) < 4.78 is 0. The number of hydrogen-bond donors (Lipinski definition) is 0. The SMILES string of the molecule is Cc1ccc(C(=O)CC2SC(N3N=C(c4ccccc4)SCC3=O)=NC2=O)cc1. The van der Waals surface area contributed by atoms with Crippen LogP contribution in [0, 0.1) is 6.92 Å². The normalized spacial score (nSPS) is 19.2. The van der Waals surface area contributed by atoms with Crippen molar-refractivity contribution in [3.8, 4) is 0 Å². The van der Waals surface area contributed by atoms with Gasteiger partial charge in [-0.1, -0.05) is 83.7 Å². The summed E-state index contributed by atoms with van der Waals surface area (Å²) in [5.41, 5.74) is 2.52. The van der Waals surface area contributed by atoms with E-state index < -0.39 is 11.2 Å². The third kappa shape index (κ3) is 4.33. The molecule has 1 atom stereocenters. The van der Waals surface area contributed by atoms with E-state index in [1.807, 2.05) is 49.4 Å². The summed E-state index contributed by atoms with van der Waals surface area (Å²) in [6, 6.07) is 16.8. The van der Waals surface area contributed by atoms with Gasteiger partial charge in [0, 0.05) is 17.5 Å². The van der Waals surface area contributed by atoms with Gasteiger partial charge in [0.05, 0.1) is 5.75 Å². The topological polar surface area (TPSA) is 79.2 Å². The molecule has 0 bridgehead atoms. The molecule has 146 valence electrons. The minimum atomic E-state index is -0.642. The van der Waals surface area contributed by atoms with E-state index >= 15 is 0 Å². The molecular formula is C21H17N3O3S2.